The van der Waals surface area contributed by atoms with Crippen LogP contribution >= 0.6 is 0 Å². The molecule has 0 aromatic heterocycles. The van der Waals surface area contributed by atoms with E-state index in [2.05, 4.69) is 5.32 Å². The lowest BCUT2D eigenvalue weighted by Crippen LogP contribution is -2.43. The average Bonchev–Trinajstić information content (AvgIpc) is 2.27. The van der Waals surface area contributed by atoms with Gasteiger partial charge >= 0.3 is 5.97 Å². The summed E-state index contributed by atoms with van der Waals surface area (Å²) in [5.74, 6) is -0.644. The first-order valence-electron chi connectivity index (χ1n) is 5.88. The minimum atomic E-state index is -1.91. The summed E-state index contributed by atoms with van der Waals surface area (Å²) in [5, 5.41) is 2.63. The number of carbonyl (C=O) groups excluding carboxylic acids is 2. The second-order valence-corrected chi connectivity index (χ2v) is 9.52. The quantitative estimate of drug-likeness (QED) is 0.849. The van der Waals surface area contributed by atoms with Crippen molar-refractivity contribution in [1.82, 2.24) is 5.32 Å². The molecule has 5 heteroatoms. The Hall–Kier alpha value is -1.62. The van der Waals surface area contributed by atoms with Crippen LogP contribution in [0.4, 0.5) is 0 Å². The molecule has 0 bridgehead atoms. The summed E-state index contributed by atoms with van der Waals surface area (Å²) in [7, 11) is -1.91. The molecular weight excluding hydrogens is 246 g/mol. The largest absolute Gasteiger partial charge is 0.518 e. The normalized spacial score (nSPS) is 12.7. The zero-order valence-electron chi connectivity index (χ0n) is 11.2. The molecule has 0 fully saturated rings. The molecule has 4 nitrogen and oxygen atoms in total. The van der Waals surface area contributed by atoms with Crippen molar-refractivity contribution in [2.75, 3.05) is 0 Å². The van der Waals surface area contributed by atoms with Gasteiger partial charge in [-0.2, -0.15) is 0 Å². The van der Waals surface area contributed by atoms with Gasteiger partial charge in [0.25, 0.3) is 5.91 Å². The molecule has 1 rings (SSSR count). The number of benzene rings is 1. The summed E-state index contributed by atoms with van der Waals surface area (Å²) in [5.41, 5.74) is 0.533. The Balaban J connectivity index is 2.58. The first-order valence-corrected chi connectivity index (χ1v) is 9.29. The van der Waals surface area contributed by atoms with E-state index in [1.165, 1.54) is 0 Å². The van der Waals surface area contributed by atoms with Crippen LogP contribution in [0.15, 0.2) is 30.3 Å². The number of hydrogen-bond donors (Lipinski definition) is 1. The van der Waals surface area contributed by atoms with Gasteiger partial charge in [0.1, 0.15) is 6.04 Å². The van der Waals surface area contributed by atoms with Crippen molar-refractivity contribution in [3.63, 3.8) is 0 Å². The predicted octanol–water partition coefficient (Wildman–Crippen LogP) is 2.18. The molecule has 1 atom stereocenters. The second-order valence-electron chi connectivity index (χ2n) is 5.09. The lowest BCUT2D eigenvalue weighted by Gasteiger charge is -2.21. The van der Waals surface area contributed by atoms with Crippen LogP contribution in [0.3, 0.4) is 0 Å². The van der Waals surface area contributed by atoms with E-state index in [9.17, 15) is 9.59 Å². The van der Waals surface area contributed by atoms with Gasteiger partial charge in [0.05, 0.1) is 0 Å². The number of nitrogens with one attached hydrogen (secondary N) is 1. The van der Waals surface area contributed by atoms with Crippen LogP contribution in [0, 0.1) is 0 Å². The molecule has 1 N–H and O–H groups in total. The fourth-order valence-corrected chi connectivity index (χ4v) is 2.10. The van der Waals surface area contributed by atoms with Gasteiger partial charge in [0, 0.05) is 5.56 Å². The molecule has 0 aliphatic rings. The first-order chi connectivity index (χ1) is 8.29. The third-order valence-corrected chi connectivity index (χ3v) is 2.96. The molecule has 1 amide bonds. The van der Waals surface area contributed by atoms with E-state index in [1.807, 2.05) is 25.7 Å². The lowest BCUT2D eigenvalue weighted by atomic mass is 10.2. The van der Waals surface area contributed by atoms with Crippen LogP contribution in [0.25, 0.3) is 0 Å². The maximum absolute atomic E-state index is 11.8. The molecule has 0 saturated heterocycles. The molecule has 0 spiro atoms. The van der Waals surface area contributed by atoms with Crippen LogP contribution in [0.2, 0.25) is 19.6 Å². The maximum Gasteiger partial charge on any atom is 0.315 e. The number of hydrogen-bond acceptors (Lipinski definition) is 3. The molecule has 1 aromatic carbocycles. The van der Waals surface area contributed by atoms with E-state index >= 15 is 0 Å². The third-order valence-electron chi connectivity index (χ3n) is 2.14. The van der Waals surface area contributed by atoms with Gasteiger partial charge in [-0.1, -0.05) is 18.2 Å². The van der Waals surface area contributed by atoms with Crippen molar-refractivity contribution < 1.29 is 14.0 Å². The van der Waals surface area contributed by atoms with E-state index in [0.29, 0.717) is 5.56 Å². The van der Waals surface area contributed by atoms with E-state index in [1.54, 1.807) is 31.2 Å². The monoisotopic (exact) mass is 265 g/mol. The summed E-state index contributed by atoms with van der Waals surface area (Å²) >= 11 is 0. The summed E-state index contributed by atoms with van der Waals surface area (Å²) < 4.78 is 5.32. The molecule has 0 aliphatic heterocycles. The Labute approximate surface area is 108 Å². The molecular formula is C13H19NO3Si. The topological polar surface area (TPSA) is 55.4 Å². The van der Waals surface area contributed by atoms with Gasteiger partial charge in [0.2, 0.25) is 8.32 Å². The van der Waals surface area contributed by atoms with Crippen molar-refractivity contribution in [1.29, 1.82) is 0 Å². The molecule has 0 saturated carbocycles. The van der Waals surface area contributed by atoms with E-state index in [-0.39, 0.29) is 11.9 Å². The highest BCUT2D eigenvalue weighted by Crippen LogP contribution is 2.05. The molecule has 1 unspecified atom stereocenters. The summed E-state index contributed by atoms with van der Waals surface area (Å²) in [6.07, 6.45) is 0. The van der Waals surface area contributed by atoms with Gasteiger partial charge in [-0.05, 0) is 38.7 Å². The average molecular weight is 265 g/mol. The minimum absolute atomic E-state index is 0.268. The highest BCUT2D eigenvalue weighted by molar-refractivity contribution is 6.71. The minimum Gasteiger partial charge on any atom is -0.518 e. The van der Waals surface area contributed by atoms with Gasteiger partial charge in [-0.15, -0.1) is 0 Å². The van der Waals surface area contributed by atoms with Gasteiger partial charge in [-0.3, -0.25) is 9.59 Å². The van der Waals surface area contributed by atoms with Crippen LogP contribution in [-0.4, -0.2) is 26.2 Å². The standard InChI is InChI=1S/C13H19NO3Si/c1-10(13(16)17-18(2,3)4)14-12(15)11-8-6-5-7-9-11/h5-10H,1-4H3,(H,14,15). The summed E-state index contributed by atoms with van der Waals surface area (Å²) in [4.78, 5) is 23.5. The van der Waals surface area contributed by atoms with E-state index in [0.717, 1.165) is 0 Å². The zero-order chi connectivity index (χ0) is 13.8. The SMILES string of the molecule is CC(NC(=O)c1ccccc1)C(=O)O[Si](C)(C)C. The Morgan fingerprint density at radius 3 is 2.22 bits per heavy atom. The van der Waals surface area contributed by atoms with Crippen molar-refractivity contribution in [3.05, 3.63) is 35.9 Å². The predicted molar refractivity (Wildman–Crippen MR) is 72.8 cm³/mol. The summed E-state index contributed by atoms with van der Waals surface area (Å²) in [6.45, 7) is 7.41. The second kappa shape index (κ2) is 5.82. The lowest BCUT2D eigenvalue weighted by molar-refractivity contribution is -0.136. The van der Waals surface area contributed by atoms with Gasteiger partial charge in [-0.25, -0.2) is 0 Å². The highest BCUT2D eigenvalue weighted by atomic mass is 28.4. The van der Waals surface area contributed by atoms with Crippen molar-refractivity contribution in [2.24, 2.45) is 0 Å². The Morgan fingerprint density at radius 2 is 1.72 bits per heavy atom. The molecule has 18 heavy (non-hydrogen) atoms. The molecule has 98 valence electrons. The Morgan fingerprint density at radius 1 is 1.17 bits per heavy atom. The van der Waals surface area contributed by atoms with E-state index < -0.39 is 14.4 Å². The fourth-order valence-electron chi connectivity index (χ4n) is 1.32. The fraction of sp³-hybridized carbons (Fsp3) is 0.385. The van der Waals surface area contributed by atoms with Crippen LogP contribution in [0.1, 0.15) is 17.3 Å². The number of amides is 1. The van der Waals surface area contributed by atoms with Crippen molar-refractivity contribution in [2.45, 2.75) is 32.6 Å². The maximum atomic E-state index is 11.8. The molecule has 0 heterocycles. The van der Waals surface area contributed by atoms with Crippen molar-refractivity contribution in [3.8, 4) is 0 Å². The van der Waals surface area contributed by atoms with Gasteiger partial charge in [0.15, 0.2) is 0 Å². The molecule has 0 radical (unpaired) electrons. The molecule has 1 aromatic rings. The smallest absolute Gasteiger partial charge is 0.315 e. The zero-order valence-corrected chi connectivity index (χ0v) is 12.2. The Kier molecular flexibility index (Phi) is 4.67. The van der Waals surface area contributed by atoms with Crippen LogP contribution in [-0.2, 0) is 9.22 Å². The van der Waals surface area contributed by atoms with Crippen LogP contribution in [0.5, 0.6) is 0 Å². The van der Waals surface area contributed by atoms with Gasteiger partial charge < -0.3 is 9.74 Å². The highest BCUT2D eigenvalue weighted by Gasteiger charge is 2.24. The first kappa shape index (κ1) is 14.4. The van der Waals surface area contributed by atoms with Crippen LogP contribution < -0.4 is 5.32 Å². The van der Waals surface area contributed by atoms with Crippen molar-refractivity contribution >= 4 is 20.2 Å². The summed E-state index contributed by atoms with van der Waals surface area (Å²) in [6, 6.07) is 8.15. The Bertz CT molecular complexity index is 426. The third kappa shape index (κ3) is 4.71. The number of rotatable bonds is 4. The van der Waals surface area contributed by atoms with E-state index in [4.69, 9.17) is 4.43 Å². The molecule has 0 aliphatic carbocycles. The number of carbonyl (C=O) groups is 2.